The van der Waals surface area contributed by atoms with E-state index in [1.165, 1.54) is 11.0 Å². The number of non-ortho nitro benzene ring substituents is 1. The van der Waals surface area contributed by atoms with Crippen LogP contribution in [0, 0.1) is 15.9 Å². The Bertz CT molecular complexity index is 517. The fourth-order valence-corrected chi connectivity index (χ4v) is 1.69. The van der Waals surface area contributed by atoms with Crippen LogP contribution in [0.25, 0.3) is 0 Å². The lowest BCUT2D eigenvalue weighted by Gasteiger charge is -2.18. The predicted octanol–water partition coefficient (Wildman–Crippen LogP) is 1.45. The molecule has 1 N–H and O–H groups in total. The van der Waals surface area contributed by atoms with Crippen LogP contribution in [-0.2, 0) is 4.79 Å². The highest BCUT2D eigenvalue weighted by molar-refractivity contribution is 5.81. The average Bonchev–Trinajstić information content (AvgIpc) is 3.11. The van der Waals surface area contributed by atoms with E-state index in [0.717, 1.165) is 25.0 Å². The Labute approximate surface area is 109 Å². The second kappa shape index (κ2) is 5.21. The second-order valence-electron chi connectivity index (χ2n) is 4.62. The van der Waals surface area contributed by atoms with Gasteiger partial charge in [-0.25, -0.2) is 4.39 Å². The summed E-state index contributed by atoms with van der Waals surface area (Å²) in [6, 6.07) is 3.51. The van der Waals surface area contributed by atoms with Crippen molar-refractivity contribution in [1.29, 1.82) is 0 Å². The van der Waals surface area contributed by atoms with Crippen molar-refractivity contribution < 1.29 is 14.1 Å². The van der Waals surface area contributed by atoms with E-state index in [1.807, 2.05) is 0 Å². The van der Waals surface area contributed by atoms with Crippen LogP contribution in [-0.4, -0.2) is 30.5 Å². The van der Waals surface area contributed by atoms with Crippen LogP contribution >= 0.6 is 0 Å². The van der Waals surface area contributed by atoms with E-state index in [-0.39, 0.29) is 24.2 Å². The lowest BCUT2D eigenvalue weighted by Crippen LogP contribution is -2.36. The molecule has 0 aliphatic heterocycles. The average molecular weight is 267 g/mol. The molecule has 7 heteroatoms. The van der Waals surface area contributed by atoms with Crippen molar-refractivity contribution >= 4 is 17.3 Å². The number of nitrogens with zero attached hydrogens (tertiary/aromatic N) is 2. The molecule has 1 saturated carbocycles. The maximum atomic E-state index is 13.3. The summed E-state index contributed by atoms with van der Waals surface area (Å²) in [5, 5.41) is 13.4. The number of benzene rings is 1. The molecule has 2 rings (SSSR count). The van der Waals surface area contributed by atoms with E-state index < -0.39 is 10.7 Å². The topological polar surface area (TPSA) is 75.5 Å². The number of nitro groups is 1. The van der Waals surface area contributed by atoms with Crippen LogP contribution in [0.1, 0.15) is 12.8 Å². The smallest absolute Gasteiger partial charge is 0.274 e. The molecule has 6 nitrogen and oxygen atoms in total. The molecule has 19 heavy (non-hydrogen) atoms. The van der Waals surface area contributed by atoms with Crippen molar-refractivity contribution in [3.8, 4) is 0 Å². The number of likely N-dealkylation sites (N-methyl/N-ethyl adjacent to an activating group) is 1. The Morgan fingerprint density at radius 3 is 2.79 bits per heavy atom. The first kappa shape index (κ1) is 13.3. The summed E-state index contributed by atoms with van der Waals surface area (Å²) in [7, 11) is 1.59. The van der Waals surface area contributed by atoms with E-state index >= 15 is 0 Å². The van der Waals surface area contributed by atoms with Gasteiger partial charge in [0.1, 0.15) is 5.82 Å². The Morgan fingerprint density at radius 1 is 1.53 bits per heavy atom. The SMILES string of the molecule is CN(CC(=O)NC1CC1)c1cc(F)cc([N+](=O)[O-])c1. The molecular weight excluding hydrogens is 253 g/mol. The van der Waals surface area contributed by atoms with Crippen LogP contribution in [0.2, 0.25) is 0 Å². The zero-order valence-corrected chi connectivity index (χ0v) is 10.4. The zero-order chi connectivity index (χ0) is 14.0. The number of carbonyl (C=O) groups excluding carboxylic acids is 1. The Kier molecular flexibility index (Phi) is 3.64. The molecule has 0 spiro atoms. The van der Waals surface area contributed by atoms with Crippen LogP contribution in [0.3, 0.4) is 0 Å². The number of anilines is 1. The standard InChI is InChI=1S/C12H14FN3O3/c1-15(7-12(17)14-9-2-3-9)10-4-8(13)5-11(6-10)16(18)19/h4-6,9H,2-3,7H2,1H3,(H,14,17). The summed E-state index contributed by atoms with van der Waals surface area (Å²) in [4.78, 5) is 23.1. The first-order chi connectivity index (χ1) is 8.95. The summed E-state index contributed by atoms with van der Waals surface area (Å²) in [5.41, 5.74) is -0.0258. The fourth-order valence-electron chi connectivity index (χ4n) is 1.69. The molecule has 1 aliphatic carbocycles. The molecule has 0 unspecified atom stereocenters. The van der Waals surface area contributed by atoms with Gasteiger partial charge in [-0.15, -0.1) is 0 Å². The molecule has 1 fully saturated rings. The lowest BCUT2D eigenvalue weighted by molar-refractivity contribution is -0.385. The number of hydrogen-bond donors (Lipinski definition) is 1. The monoisotopic (exact) mass is 267 g/mol. The van der Waals surface area contributed by atoms with Gasteiger partial charge in [0.15, 0.2) is 0 Å². The quantitative estimate of drug-likeness (QED) is 0.647. The van der Waals surface area contributed by atoms with Gasteiger partial charge in [0.2, 0.25) is 5.91 Å². The molecular formula is C12H14FN3O3. The van der Waals surface area contributed by atoms with Gasteiger partial charge in [0, 0.05) is 24.8 Å². The van der Waals surface area contributed by atoms with Crippen molar-refractivity contribution in [2.45, 2.75) is 18.9 Å². The normalized spacial score (nSPS) is 14.0. The Balaban J connectivity index is 2.06. The molecule has 0 heterocycles. The molecule has 0 bridgehead atoms. The van der Waals surface area contributed by atoms with Crippen LogP contribution in [0.15, 0.2) is 18.2 Å². The molecule has 0 saturated heterocycles. The first-order valence-electron chi connectivity index (χ1n) is 5.91. The van der Waals surface area contributed by atoms with Gasteiger partial charge in [-0.05, 0) is 18.9 Å². The summed E-state index contributed by atoms with van der Waals surface area (Å²) in [6.45, 7) is 0.0388. The number of rotatable bonds is 5. The van der Waals surface area contributed by atoms with Gasteiger partial charge >= 0.3 is 0 Å². The molecule has 0 aromatic heterocycles. The summed E-state index contributed by atoms with van der Waals surface area (Å²) < 4.78 is 13.3. The Morgan fingerprint density at radius 2 is 2.21 bits per heavy atom. The van der Waals surface area contributed by atoms with Gasteiger partial charge in [-0.2, -0.15) is 0 Å². The summed E-state index contributed by atoms with van der Waals surface area (Å²) in [6.07, 6.45) is 1.97. The largest absolute Gasteiger partial charge is 0.365 e. The van der Waals surface area contributed by atoms with E-state index in [4.69, 9.17) is 0 Å². The predicted molar refractivity (Wildman–Crippen MR) is 67.5 cm³/mol. The van der Waals surface area contributed by atoms with Crippen molar-refractivity contribution in [3.63, 3.8) is 0 Å². The van der Waals surface area contributed by atoms with Crippen molar-refractivity contribution in [1.82, 2.24) is 5.32 Å². The minimum atomic E-state index is -0.696. The van der Waals surface area contributed by atoms with Crippen molar-refractivity contribution in [3.05, 3.63) is 34.1 Å². The van der Waals surface area contributed by atoms with Crippen molar-refractivity contribution in [2.24, 2.45) is 0 Å². The van der Waals surface area contributed by atoms with E-state index in [9.17, 15) is 19.3 Å². The molecule has 1 amide bonds. The van der Waals surface area contributed by atoms with Gasteiger partial charge in [-0.1, -0.05) is 0 Å². The fraction of sp³-hybridized carbons (Fsp3) is 0.417. The summed E-state index contributed by atoms with van der Waals surface area (Å²) >= 11 is 0. The van der Waals surface area contributed by atoms with E-state index in [2.05, 4.69) is 5.32 Å². The maximum absolute atomic E-state index is 13.3. The summed E-state index contributed by atoms with van der Waals surface area (Å²) in [5.74, 6) is -0.865. The number of nitro benzene ring substituents is 1. The van der Waals surface area contributed by atoms with Crippen LogP contribution in [0.4, 0.5) is 15.8 Å². The Hall–Kier alpha value is -2.18. The second-order valence-corrected chi connectivity index (χ2v) is 4.62. The van der Waals surface area contributed by atoms with Crippen LogP contribution < -0.4 is 10.2 Å². The third kappa shape index (κ3) is 3.64. The highest BCUT2D eigenvalue weighted by Gasteiger charge is 2.23. The molecule has 1 aliphatic rings. The van der Waals surface area contributed by atoms with Gasteiger partial charge in [0.25, 0.3) is 5.69 Å². The highest BCUT2D eigenvalue weighted by Crippen LogP contribution is 2.23. The van der Waals surface area contributed by atoms with Crippen LogP contribution in [0.5, 0.6) is 0 Å². The van der Waals surface area contributed by atoms with Gasteiger partial charge in [0.05, 0.1) is 17.5 Å². The third-order valence-corrected chi connectivity index (χ3v) is 2.84. The van der Waals surface area contributed by atoms with E-state index in [1.54, 1.807) is 7.05 Å². The number of nitrogens with one attached hydrogen (secondary N) is 1. The zero-order valence-electron chi connectivity index (χ0n) is 10.4. The lowest BCUT2D eigenvalue weighted by atomic mass is 10.2. The van der Waals surface area contributed by atoms with Gasteiger partial charge < -0.3 is 10.2 Å². The molecule has 1 aromatic rings. The van der Waals surface area contributed by atoms with Gasteiger partial charge in [-0.3, -0.25) is 14.9 Å². The first-order valence-corrected chi connectivity index (χ1v) is 5.91. The number of halogens is 1. The molecule has 0 radical (unpaired) electrons. The minimum absolute atomic E-state index is 0.0388. The molecule has 0 atom stereocenters. The van der Waals surface area contributed by atoms with Crippen molar-refractivity contribution in [2.75, 3.05) is 18.5 Å². The minimum Gasteiger partial charge on any atom is -0.365 e. The molecule has 102 valence electrons. The molecule has 1 aromatic carbocycles. The number of amides is 1. The highest BCUT2D eigenvalue weighted by atomic mass is 19.1. The third-order valence-electron chi connectivity index (χ3n) is 2.84. The number of carbonyl (C=O) groups is 1. The maximum Gasteiger partial charge on any atom is 0.274 e. The van der Waals surface area contributed by atoms with E-state index in [0.29, 0.717) is 5.69 Å². The number of hydrogen-bond acceptors (Lipinski definition) is 4.